The van der Waals surface area contributed by atoms with Crippen LogP contribution in [0.5, 0.6) is 0 Å². The zero-order chi connectivity index (χ0) is 13.1. The maximum atomic E-state index is 4.39. The van der Waals surface area contributed by atoms with E-state index < -0.39 is 0 Å². The van der Waals surface area contributed by atoms with Crippen molar-refractivity contribution < 1.29 is 0 Å². The Morgan fingerprint density at radius 3 is 2.78 bits per heavy atom. The highest BCUT2D eigenvalue weighted by molar-refractivity contribution is 5.21. The molecular formula is C12H20N6. The fourth-order valence-corrected chi connectivity index (χ4v) is 2.22. The Labute approximate surface area is 107 Å². The molecule has 0 spiro atoms. The molecule has 0 aromatic carbocycles. The molecule has 6 heteroatoms. The third-order valence-electron chi connectivity index (χ3n) is 3.16. The highest BCUT2D eigenvalue weighted by Crippen LogP contribution is 2.19. The average Bonchev–Trinajstić information content (AvgIpc) is 2.92. The summed E-state index contributed by atoms with van der Waals surface area (Å²) in [6, 6.07) is 0.216. The van der Waals surface area contributed by atoms with Gasteiger partial charge in [-0.05, 0) is 20.9 Å². The minimum Gasteiger partial charge on any atom is -0.313 e. The molecule has 1 unspecified atom stereocenters. The van der Waals surface area contributed by atoms with Crippen LogP contribution >= 0.6 is 0 Å². The molecule has 2 heterocycles. The highest BCUT2D eigenvalue weighted by Gasteiger charge is 2.17. The van der Waals surface area contributed by atoms with E-state index >= 15 is 0 Å². The van der Waals surface area contributed by atoms with Gasteiger partial charge >= 0.3 is 0 Å². The van der Waals surface area contributed by atoms with Gasteiger partial charge in [-0.15, -0.1) is 0 Å². The van der Waals surface area contributed by atoms with Crippen LogP contribution in [0.4, 0.5) is 0 Å². The number of hydrogen-bond donors (Lipinski definition) is 1. The van der Waals surface area contributed by atoms with E-state index in [4.69, 9.17) is 0 Å². The van der Waals surface area contributed by atoms with Gasteiger partial charge in [0.15, 0.2) is 0 Å². The lowest BCUT2D eigenvalue weighted by Gasteiger charge is -2.15. The number of nitrogens with one attached hydrogen (secondary N) is 1. The highest BCUT2D eigenvalue weighted by atomic mass is 15.3. The summed E-state index contributed by atoms with van der Waals surface area (Å²) in [6.45, 7) is 4.95. The number of hydrogen-bond acceptors (Lipinski definition) is 4. The van der Waals surface area contributed by atoms with E-state index in [1.165, 1.54) is 5.56 Å². The van der Waals surface area contributed by atoms with Crippen LogP contribution in [0.3, 0.4) is 0 Å². The van der Waals surface area contributed by atoms with E-state index in [0.717, 1.165) is 24.5 Å². The van der Waals surface area contributed by atoms with Crippen LogP contribution in [0, 0.1) is 6.92 Å². The summed E-state index contributed by atoms with van der Waals surface area (Å²) >= 11 is 0. The van der Waals surface area contributed by atoms with Gasteiger partial charge < -0.3 is 5.32 Å². The van der Waals surface area contributed by atoms with Gasteiger partial charge in [-0.1, -0.05) is 0 Å². The molecule has 0 aliphatic rings. The van der Waals surface area contributed by atoms with Gasteiger partial charge in [0, 0.05) is 37.8 Å². The Morgan fingerprint density at radius 2 is 2.22 bits per heavy atom. The molecule has 0 aliphatic carbocycles. The number of rotatable bonds is 5. The molecule has 0 saturated carbocycles. The zero-order valence-electron chi connectivity index (χ0n) is 11.4. The smallest absolute Gasteiger partial charge is 0.138 e. The molecule has 0 aliphatic heterocycles. The molecule has 0 saturated heterocycles. The van der Waals surface area contributed by atoms with Crippen molar-refractivity contribution in [3.8, 4) is 0 Å². The second kappa shape index (κ2) is 5.30. The summed E-state index contributed by atoms with van der Waals surface area (Å²) in [7, 11) is 3.90. The van der Waals surface area contributed by atoms with E-state index in [1.807, 2.05) is 30.4 Å². The van der Waals surface area contributed by atoms with E-state index in [2.05, 4.69) is 33.6 Å². The first-order valence-electron chi connectivity index (χ1n) is 6.19. The summed E-state index contributed by atoms with van der Waals surface area (Å²) in [5.41, 5.74) is 2.27. The third kappa shape index (κ3) is 2.43. The largest absolute Gasteiger partial charge is 0.313 e. The lowest BCUT2D eigenvalue weighted by molar-refractivity contribution is 0.532. The molecule has 1 N–H and O–H groups in total. The molecule has 0 fully saturated rings. The minimum absolute atomic E-state index is 0.216. The summed E-state index contributed by atoms with van der Waals surface area (Å²) in [5.74, 6) is 1.00. The SMILES string of the molecule is CCn1ncnc1CC(NC)c1cn(C)nc1C. The zero-order valence-corrected chi connectivity index (χ0v) is 11.4. The molecular weight excluding hydrogens is 228 g/mol. The number of aromatic nitrogens is 5. The van der Waals surface area contributed by atoms with E-state index in [9.17, 15) is 0 Å². The van der Waals surface area contributed by atoms with Crippen molar-refractivity contribution in [2.45, 2.75) is 32.9 Å². The van der Waals surface area contributed by atoms with Gasteiger partial charge in [-0.3, -0.25) is 9.36 Å². The Balaban J connectivity index is 2.22. The first-order chi connectivity index (χ1) is 8.65. The van der Waals surface area contributed by atoms with Gasteiger partial charge in [0.25, 0.3) is 0 Å². The average molecular weight is 248 g/mol. The number of likely N-dealkylation sites (N-methyl/N-ethyl adjacent to an activating group) is 1. The summed E-state index contributed by atoms with van der Waals surface area (Å²) in [5, 5.41) is 11.9. The van der Waals surface area contributed by atoms with Crippen LogP contribution in [-0.4, -0.2) is 31.6 Å². The summed E-state index contributed by atoms with van der Waals surface area (Å²) < 4.78 is 3.77. The minimum atomic E-state index is 0.216. The Hall–Kier alpha value is -1.69. The Morgan fingerprint density at radius 1 is 1.44 bits per heavy atom. The van der Waals surface area contributed by atoms with Gasteiger partial charge in [0.1, 0.15) is 12.2 Å². The predicted molar refractivity (Wildman–Crippen MR) is 69.1 cm³/mol. The molecule has 0 amide bonds. The second-order valence-corrected chi connectivity index (χ2v) is 4.38. The maximum Gasteiger partial charge on any atom is 0.138 e. The normalized spacial score (nSPS) is 12.9. The van der Waals surface area contributed by atoms with Gasteiger partial charge in [0.2, 0.25) is 0 Å². The van der Waals surface area contributed by atoms with Crippen LogP contribution < -0.4 is 5.32 Å². The van der Waals surface area contributed by atoms with Crippen molar-refractivity contribution in [2.24, 2.45) is 7.05 Å². The number of aryl methyl sites for hydroxylation is 3. The molecule has 18 heavy (non-hydrogen) atoms. The Kier molecular flexibility index (Phi) is 3.76. The predicted octanol–water partition coefficient (Wildman–Crippen LogP) is 0.843. The lowest BCUT2D eigenvalue weighted by Crippen LogP contribution is -2.21. The lowest BCUT2D eigenvalue weighted by atomic mass is 10.0. The molecule has 0 bridgehead atoms. The summed E-state index contributed by atoms with van der Waals surface area (Å²) in [4.78, 5) is 4.32. The van der Waals surface area contributed by atoms with Crippen molar-refractivity contribution in [1.29, 1.82) is 0 Å². The monoisotopic (exact) mass is 248 g/mol. The third-order valence-corrected chi connectivity index (χ3v) is 3.16. The van der Waals surface area contributed by atoms with Gasteiger partial charge in [-0.25, -0.2) is 4.98 Å². The molecule has 98 valence electrons. The van der Waals surface area contributed by atoms with Crippen molar-refractivity contribution in [1.82, 2.24) is 29.9 Å². The fraction of sp³-hybridized carbons (Fsp3) is 0.583. The second-order valence-electron chi connectivity index (χ2n) is 4.38. The van der Waals surface area contributed by atoms with Crippen molar-refractivity contribution in [3.05, 3.63) is 29.6 Å². The molecule has 2 aromatic rings. The summed E-state index contributed by atoms with van der Waals surface area (Å²) in [6.07, 6.45) is 4.49. The topological polar surface area (TPSA) is 60.6 Å². The molecule has 2 rings (SSSR count). The molecule has 0 radical (unpaired) electrons. The standard InChI is InChI=1S/C12H20N6/c1-5-18-12(14-8-15-18)6-11(13-3)10-7-17(4)16-9(10)2/h7-8,11,13H,5-6H2,1-4H3. The van der Waals surface area contributed by atoms with Crippen molar-refractivity contribution in [2.75, 3.05) is 7.05 Å². The molecule has 6 nitrogen and oxygen atoms in total. The quantitative estimate of drug-likeness (QED) is 0.852. The molecule has 1 atom stereocenters. The van der Waals surface area contributed by atoms with Crippen molar-refractivity contribution >= 4 is 0 Å². The first-order valence-corrected chi connectivity index (χ1v) is 6.19. The van der Waals surface area contributed by atoms with Crippen LogP contribution in [-0.2, 0) is 20.0 Å². The molecule has 2 aromatic heterocycles. The fourth-order valence-electron chi connectivity index (χ4n) is 2.22. The first kappa shape index (κ1) is 12.8. The van der Waals surface area contributed by atoms with Crippen LogP contribution in [0.1, 0.15) is 30.0 Å². The number of nitrogens with zero attached hydrogens (tertiary/aromatic N) is 5. The van der Waals surface area contributed by atoms with Crippen LogP contribution in [0.15, 0.2) is 12.5 Å². The van der Waals surface area contributed by atoms with E-state index in [1.54, 1.807) is 6.33 Å². The maximum absolute atomic E-state index is 4.39. The van der Waals surface area contributed by atoms with Crippen LogP contribution in [0.2, 0.25) is 0 Å². The van der Waals surface area contributed by atoms with E-state index in [-0.39, 0.29) is 6.04 Å². The van der Waals surface area contributed by atoms with Crippen molar-refractivity contribution in [3.63, 3.8) is 0 Å². The van der Waals surface area contributed by atoms with Crippen LogP contribution in [0.25, 0.3) is 0 Å². The van der Waals surface area contributed by atoms with Gasteiger partial charge in [0.05, 0.1) is 5.69 Å². The Bertz CT molecular complexity index is 512. The van der Waals surface area contributed by atoms with E-state index in [0.29, 0.717) is 0 Å². The van der Waals surface area contributed by atoms with Gasteiger partial charge in [-0.2, -0.15) is 10.2 Å².